The van der Waals surface area contributed by atoms with Gasteiger partial charge in [0.1, 0.15) is 5.82 Å². The number of anilines is 2. The topological polar surface area (TPSA) is 93.1 Å². The lowest BCUT2D eigenvalue weighted by molar-refractivity contribution is 0.0521. The smallest absolute Gasteiger partial charge is 0.229 e. The molecule has 0 bridgehead atoms. The monoisotopic (exact) mass is 276 g/mol. The van der Waals surface area contributed by atoms with Crippen molar-refractivity contribution in [3.05, 3.63) is 6.20 Å². The summed E-state index contributed by atoms with van der Waals surface area (Å²) < 4.78 is 1.69. The summed E-state index contributed by atoms with van der Waals surface area (Å²) in [6.07, 6.45) is 4.96. The van der Waals surface area contributed by atoms with Crippen LogP contribution in [0.3, 0.4) is 0 Å². The van der Waals surface area contributed by atoms with Crippen molar-refractivity contribution >= 4 is 22.8 Å². The van der Waals surface area contributed by atoms with Crippen molar-refractivity contribution < 1.29 is 5.11 Å². The number of fused-ring (bicyclic) bond motifs is 1. The minimum absolute atomic E-state index is 0.00567. The summed E-state index contributed by atoms with van der Waals surface area (Å²) in [5.41, 5.74) is 6.69. The molecule has 20 heavy (non-hydrogen) atoms. The van der Waals surface area contributed by atoms with Gasteiger partial charge in [0.25, 0.3) is 0 Å². The molecule has 3 rings (SSSR count). The van der Waals surface area contributed by atoms with Gasteiger partial charge in [0.15, 0.2) is 5.65 Å². The van der Waals surface area contributed by atoms with Crippen LogP contribution in [0.1, 0.15) is 19.3 Å². The van der Waals surface area contributed by atoms with Crippen molar-refractivity contribution in [1.82, 2.24) is 19.7 Å². The van der Waals surface area contributed by atoms with Crippen molar-refractivity contribution in [1.29, 1.82) is 0 Å². The van der Waals surface area contributed by atoms with Crippen LogP contribution < -0.4 is 10.6 Å². The van der Waals surface area contributed by atoms with Crippen LogP contribution in [-0.4, -0.2) is 45.1 Å². The van der Waals surface area contributed by atoms with Gasteiger partial charge in [0, 0.05) is 26.1 Å². The summed E-state index contributed by atoms with van der Waals surface area (Å²) >= 11 is 0. The first-order chi connectivity index (χ1) is 9.54. The SMILES string of the molecule is CN(CC1(CO)CCC1)c1nc(N)c2cnn(C)c2n1. The predicted molar refractivity (Wildman–Crippen MR) is 77.4 cm³/mol. The Bertz CT molecular complexity index is 628. The molecular weight excluding hydrogens is 256 g/mol. The molecular formula is C13H20N6O. The van der Waals surface area contributed by atoms with Crippen LogP contribution in [0.2, 0.25) is 0 Å². The van der Waals surface area contributed by atoms with Crippen LogP contribution in [0.4, 0.5) is 11.8 Å². The molecule has 0 amide bonds. The predicted octanol–water partition coefficient (Wildman–Crippen LogP) is 0.544. The molecule has 1 saturated carbocycles. The van der Waals surface area contributed by atoms with Crippen LogP contribution in [0.15, 0.2) is 6.20 Å². The molecule has 0 spiro atoms. The van der Waals surface area contributed by atoms with Gasteiger partial charge in [-0.05, 0) is 12.8 Å². The Morgan fingerprint density at radius 1 is 1.45 bits per heavy atom. The zero-order chi connectivity index (χ0) is 14.3. The molecule has 0 unspecified atom stereocenters. The zero-order valence-corrected chi connectivity index (χ0v) is 11.9. The van der Waals surface area contributed by atoms with E-state index in [9.17, 15) is 5.11 Å². The second-order valence-electron chi connectivity index (χ2n) is 5.78. The van der Waals surface area contributed by atoms with Gasteiger partial charge in [0.05, 0.1) is 18.2 Å². The first kappa shape index (κ1) is 13.1. The van der Waals surface area contributed by atoms with Gasteiger partial charge < -0.3 is 15.7 Å². The van der Waals surface area contributed by atoms with E-state index in [-0.39, 0.29) is 12.0 Å². The van der Waals surface area contributed by atoms with E-state index in [4.69, 9.17) is 5.73 Å². The first-order valence-electron chi connectivity index (χ1n) is 6.82. The second kappa shape index (κ2) is 4.59. The molecule has 0 aliphatic heterocycles. The number of aryl methyl sites for hydroxylation is 1. The fraction of sp³-hybridized carbons (Fsp3) is 0.615. The van der Waals surface area contributed by atoms with E-state index in [0.717, 1.165) is 30.4 Å². The highest BCUT2D eigenvalue weighted by Gasteiger charge is 2.37. The third-order valence-corrected chi connectivity index (χ3v) is 4.27. The van der Waals surface area contributed by atoms with Crippen LogP contribution in [0, 0.1) is 5.41 Å². The molecule has 2 heterocycles. The lowest BCUT2D eigenvalue weighted by Crippen LogP contribution is -2.44. The van der Waals surface area contributed by atoms with Gasteiger partial charge >= 0.3 is 0 Å². The van der Waals surface area contributed by atoms with E-state index in [0.29, 0.717) is 11.8 Å². The Kier molecular flexibility index (Phi) is 3.01. The van der Waals surface area contributed by atoms with E-state index < -0.39 is 0 Å². The summed E-state index contributed by atoms with van der Waals surface area (Å²) in [7, 11) is 3.77. The molecule has 1 aliphatic rings. The van der Waals surface area contributed by atoms with Gasteiger partial charge in [-0.3, -0.25) is 4.68 Å². The summed E-state index contributed by atoms with van der Waals surface area (Å²) in [5, 5.41) is 14.5. The summed E-state index contributed by atoms with van der Waals surface area (Å²) in [6.45, 7) is 0.951. The molecule has 0 aromatic carbocycles. The van der Waals surface area contributed by atoms with Gasteiger partial charge in [-0.1, -0.05) is 6.42 Å². The number of hydrogen-bond acceptors (Lipinski definition) is 6. The standard InChI is InChI=1S/C13H20N6O/c1-18(7-13(8-20)4-3-5-13)12-16-10(14)9-6-15-19(2)11(9)17-12/h6,20H,3-5,7-8H2,1-2H3,(H2,14,16,17). The summed E-state index contributed by atoms with van der Waals surface area (Å²) in [5.74, 6) is 1.02. The number of nitrogens with zero attached hydrogens (tertiary/aromatic N) is 5. The molecule has 108 valence electrons. The minimum atomic E-state index is -0.00567. The van der Waals surface area contributed by atoms with Gasteiger partial charge in [-0.15, -0.1) is 0 Å². The fourth-order valence-corrected chi connectivity index (χ4v) is 2.82. The quantitative estimate of drug-likeness (QED) is 0.847. The van der Waals surface area contributed by atoms with E-state index in [1.807, 2.05) is 19.0 Å². The highest BCUT2D eigenvalue weighted by molar-refractivity contribution is 5.86. The number of rotatable bonds is 4. The number of hydrogen-bond donors (Lipinski definition) is 2. The largest absolute Gasteiger partial charge is 0.396 e. The fourth-order valence-electron chi connectivity index (χ4n) is 2.82. The van der Waals surface area contributed by atoms with Gasteiger partial charge in [-0.2, -0.15) is 15.1 Å². The Hall–Kier alpha value is -1.89. The van der Waals surface area contributed by atoms with Crippen LogP contribution in [0.5, 0.6) is 0 Å². The molecule has 0 radical (unpaired) electrons. The Morgan fingerprint density at radius 2 is 2.20 bits per heavy atom. The number of aliphatic hydroxyl groups excluding tert-OH is 1. The Labute approximate surface area is 117 Å². The maximum atomic E-state index is 9.56. The summed E-state index contributed by atoms with van der Waals surface area (Å²) in [6, 6.07) is 0. The number of nitrogen functional groups attached to an aromatic ring is 1. The third-order valence-electron chi connectivity index (χ3n) is 4.27. The zero-order valence-electron chi connectivity index (χ0n) is 11.9. The average molecular weight is 276 g/mol. The summed E-state index contributed by atoms with van der Waals surface area (Å²) in [4.78, 5) is 10.8. The molecule has 7 heteroatoms. The number of aromatic nitrogens is 4. The number of aliphatic hydroxyl groups is 1. The Morgan fingerprint density at radius 3 is 2.80 bits per heavy atom. The second-order valence-corrected chi connectivity index (χ2v) is 5.78. The molecule has 7 nitrogen and oxygen atoms in total. The van der Waals surface area contributed by atoms with E-state index in [1.54, 1.807) is 10.9 Å². The van der Waals surface area contributed by atoms with E-state index in [2.05, 4.69) is 15.1 Å². The maximum absolute atomic E-state index is 9.56. The third kappa shape index (κ3) is 1.98. The van der Waals surface area contributed by atoms with Crippen molar-refractivity contribution in [3.8, 4) is 0 Å². The normalized spacial score (nSPS) is 17.1. The minimum Gasteiger partial charge on any atom is -0.396 e. The lowest BCUT2D eigenvalue weighted by atomic mass is 9.69. The highest BCUT2D eigenvalue weighted by atomic mass is 16.3. The Balaban J connectivity index is 1.91. The van der Waals surface area contributed by atoms with Crippen molar-refractivity contribution in [2.24, 2.45) is 12.5 Å². The molecule has 3 N–H and O–H groups in total. The first-order valence-corrected chi connectivity index (χ1v) is 6.82. The van der Waals surface area contributed by atoms with E-state index >= 15 is 0 Å². The van der Waals surface area contributed by atoms with Gasteiger partial charge in [-0.25, -0.2) is 0 Å². The number of nitrogens with two attached hydrogens (primary N) is 1. The van der Waals surface area contributed by atoms with Crippen LogP contribution in [-0.2, 0) is 7.05 Å². The highest BCUT2D eigenvalue weighted by Crippen LogP contribution is 2.41. The van der Waals surface area contributed by atoms with Crippen LogP contribution >= 0.6 is 0 Å². The molecule has 1 aliphatic carbocycles. The lowest BCUT2D eigenvalue weighted by Gasteiger charge is -2.42. The molecule has 2 aromatic heterocycles. The molecule has 0 atom stereocenters. The van der Waals surface area contributed by atoms with Crippen molar-refractivity contribution in [3.63, 3.8) is 0 Å². The molecule has 0 saturated heterocycles. The molecule has 1 fully saturated rings. The molecule has 2 aromatic rings. The van der Waals surface area contributed by atoms with Gasteiger partial charge in [0.2, 0.25) is 5.95 Å². The maximum Gasteiger partial charge on any atom is 0.229 e. The average Bonchev–Trinajstić information content (AvgIpc) is 2.76. The van der Waals surface area contributed by atoms with E-state index in [1.165, 1.54) is 6.42 Å². The van der Waals surface area contributed by atoms with Crippen LogP contribution in [0.25, 0.3) is 11.0 Å². The van der Waals surface area contributed by atoms with Crippen molar-refractivity contribution in [2.75, 3.05) is 30.8 Å². The van der Waals surface area contributed by atoms with Crippen molar-refractivity contribution in [2.45, 2.75) is 19.3 Å².